The molecule has 0 aromatic rings. The molecule has 0 aliphatic heterocycles. The summed E-state index contributed by atoms with van der Waals surface area (Å²) in [7, 11) is 0. The summed E-state index contributed by atoms with van der Waals surface area (Å²) >= 11 is 0. The van der Waals surface area contributed by atoms with Crippen molar-refractivity contribution in [3.8, 4) is 0 Å². The number of hydrogen-bond donors (Lipinski definition) is 1. The first-order chi connectivity index (χ1) is 4.81. The van der Waals surface area contributed by atoms with Gasteiger partial charge in [0.2, 0.25) is 0 Å². The number of hydrogen-bond acceptors (Lipinski definition) is 2. The highest BCUT2D eigenvalue weighted by Crippen LogP contribution is 2.00. The molecule has 2 nitrogen and oxygen atoms in total. The van der Waals surface area contributed by atoms with Crippen LogP contribution in [0.25, 0.3) is 0 Å². The van der Waals surface area contributed by atoms with E-state index in [0.29, 0.717) is 19.1 Å². The SMILES string of the molecule is C=C[CH]C(C)COCCO. The molecule has 10 heavy (non-hydrogen) atoms. The zero-order valence-corrected chi connectivity index (χ0v) is 6.42. The van der Waals surface area contributed by atoms with E-state index in [1.54, 1.807) is 6.08 Å². The summed E-state index contributed by atoms with van der Waals surface area (Å²) in [6.07, 6.45) is 3.73. The zero-order chi connectivity index (χ0) is 7.82. The third-order valence-corrected chi connectivity index (χ3v) is 1.08. The number of rotatable bonds is 6. The van der Waals surface area contributed by atoms with Gasteiger partial charge in [0, 0.05) is 6.61 Å². The van der Waals surface area contributed by atoms with Gasteiger partial charge < -0.3 is 9.84 Å². The standard InChI is InChI=1S/C8H15O2/c1-3-4-8(2)7-10-6-5-9/h3-4,8-9H,1,5-7H2,2H3. The molecule has 0 aromatic carbocycles. The minimum atomic E-state index is 0.0980. The molecule has 2 heteroatoms. The van der Waals surface area contributed by atoms with Gasteiger partial charge in [0.25, 0.3) is 0 Å². The largest absolute Gasteiger partial charge is 0.394 e. The average molecular weight is 143 g/mol. The first-order valence-electron chi connectivity index (χ1n) is 3.45. The van der Waals surface area contributed by atoms with E-state index in [1.807, 2.05) is 13.3 Å². The first kappa shape index (κ1) is 9.66. The minimum Gasteiger partial charge on any atom is -0.394 e. The Kier molecular flexibility index (Phi) is 6.55. The Hall–Kier alpha value is -0.340. The van der Waals surface area contributed by atoms with E-state index >= 15 is 0 Å². The smallest absolute Gasteiger partial charge is 0.0697 e. The molecule has 0 rings (SSSR count). The van der Waals surface area contributed by atoms with Crippen molar-refractivity contribution in [1.82, 2.24) is 0 Å². The number of aliphatic hydroxyl groups excluding tert-OH is 1. The van der Waals surface area contributed by atoms with Gasteiger partial charge in [0.15, 0.2) is 0 Å². The molecule has 1 N–H and O–H groups in total. The van der Waals surface area contributed by atoms with E-state index in [0.717, 1.165) is 0 Å². The van der Waals surface area contributed by atoms with Crippen molar-refractivity contribution in [2.45, 2.75) is 6.92 Å². The molecule has 0 aromatic heterocycles. The third-order valence-electron chi connectivity index (χ3n) is 1.08. The van der Waals surface area contributed by atoms with Crippen molar-refractivity contribution in [2.24, 2.45) is 5.92 Å². The van der Waals surface area contributed by atoms with Crippen LogP contribution in [-0.4, -0.2) is 24.9 Å². The van der Waals surface area contributed by atoms with Crippen LogP contribution in [0.15, 0.2) is 12.7 Å². The lowest BCUT2D eigenvalue weighted by Crippen LogP contribution is -2.08. The van der Waals surface area contributed by atoms with Gasteiger partial charge in [-0.05, 0) is 12.3 Å². The highest BCUT2D eigenvalue weighted by atomic mass is 16.5. The van der Waals surface area contributed by atoms with Crippen molar-refractivity contribution in [1.29, 1.82) is 0 Å². The molecular weight excluding hydrogens is 128 g/mol. The fourth-order valence-corrected chi connectivity index (χ4v) is 0.622. The van der Waals surface area contributed by atoms with Gasteiger partial charge in [0.05, 0.1) is 13.2 Å². The van der Waals surface area contributed by atoms with Gasteiger partial charge in [-0.25, -0.2) is 0 Å². The second-order valence-corrected chi connectivity index (χ2v) is 2.20. The van der Waals surface area contributed by atoms with E-state index < -0.39 is 0 Å². The predicted octanol–water partition coefficient (Wildman–Crippen LogP) is 1.02. The molecule has 59 valence electrons. The third kappa shape index (κ3) is 5.79. The van der Waals surface area contributed by atoms with Crippen LogP contribution < -0.4 is 0 Å². The summed E-state index contributed by atoms with van der Waals surface area (Å²) in [5.74, 6) is 0.393. The van der Waals surface area contributed by atoms with Crippen LogP contribution in [0.3, 0.4) is 0 Å². The molecule has 0 aliphatic rings. The molecule has 0 heterocycles. The first-order valence-corrected chi connectivity index (χ1v) is 3.45. The lowest BCUT2D eigenvalue weighted by molar-refractivity contribution is 0.0782. The van der Waals surface area contributed by atoms with E-state index in [2.05, 4.69) is 6.58 Å². The van der Waals surface area contributed by atoms with Crippen molar-refractivity contribution in [2.75, 3.05) is 19.8 Å². The summed E-state index contributed by atoms with van der Waals surface area (Å²) in [6.45, 7) is 6.79. The molecule has 0 amide bonds. The maximum absolute atomic E-state index is 8.35. The van der Waals surface area contributed by atoms with Crippen LogP contribution in [0.5, 0.6) is 0 Å². The summed E-state index contributed by atoms with van der Waals surface area (Å²) in [4.78, 5) is 0. The Morgan fingerprint density at radius 3 is 2.90 bits per heavy atom. The quantitative estimate of drug-likeness (QED) is 0.562. The maximum Gasteiger partial charge on any atom is 0.0697 e. The molecule has 0 fully saturated rings. The summed E-state index contributed by atoms with van der Waals surface area (Å²) < 4.78 is 5.07. The Balaban J connectivity index is 3.04. The van der Waals surface area contributed by atoms with Gasteiger partial charge in [0.1, 0.15) is 0 Å². The van der Waals surface area contributed by atoms with Crippen molar-refractivity contribution >= 4 is 0 Å². The van der Waals surface area contributed by atoms with Crippen molar-refractivity contribution < 1.29 is 9.84 Å². The molecule has 0 spiro atoms. The topological polar surface area (TPSA) is 29.5 Å². The van der Waals surface area contributed by atoms with Crippen molar-refractivity contribution in [3.05, 3.63) is 19.1 Å². The Labute approximate surface area is 62.5 Å². The Morgan fingerprint density at radius 2 is 2.40 bits per heavy atom. The Bertz CT molecular complexity index is 81.3. The van der Waals surface area contributed by atoms with E-state index in [1.165, 1.54) is 0 Å². The molecule has 1 radical (unpaired) electrons. The highest BCUT2D eigenvalue weighted by Gasteiger charge is 1.97. The van der Waals surface area contributed by atoms with E-state index in [4.69, 9.17) is 9.84 Å². The molecule has 0 saturated heterocycles. The average Bonchev–Trinajstić information content (AvgIpc) is 1.89. The number of allylic oxidation sites excluding steroid dienone is 1. The van der Waals surface area contributed by atoms with Gasteiger partial charge in [-0.15, -0.1) is 6.58 Å². The number of aliphatic hydroxyl groups is 1. The molecule has 0 saturated carbocycles. The van der Waals surface area contributed by atoms with Crippen LogP contribution >= 0.6 is 0 Å². The van der Waals surface area contributed by atoms with Crippen LogP contribution in [0, 0.1) is 12.3 Å². The minimum absolute atomic E-state index is 0.0980. The molecule has 0 bridgehead atoms. The van der Waals surface area contributed by atoms with Gasteiger partial charge in [-0.3, -0.25) is 0 Å². The molecular formula is C8H15O2. The second-order valence-electron chi connectivity index (χ2n) is 2.20. The van der Waals surface area contributed by atoms with E-state index in [9.17, 15) is 0 Å². The van der Waals surface area contributed by atoms with Crippen LogP contribution in [0.4, 0.5) is 0 Å². The van der Waals surface area contributed by atoms with Crippen LogP contribution in [0.1, 0.15) is 6.92 Å². The summed E-state index contributed by atoms with van der Waals surface area (Å²) in [6, 6.07) is 0. The van der Waals surface area contributed by atoms with E-state index in [-0.39, 0.29) is 6.61 Å². The summed E-state index contributed by atoms with van der Waals surface area (Å²) in [5, 5.41) is 8.35. The lowest BCUT2D eigenvalue weighted by atomic mass is 10.1. The number of ether oxygens (including phenoxy) is 1. The fourth-order valence-electron chi connectivity index (χ4n) is 0.622. The Morgan fingerprint density at radius 1 is 1.70 bits per heavy atom. The van der Waals surface area contributed by atoms with Crippen LogP contribution in [0.2, 0.25) is 0 Å². The molecule has 0 aliphatic carbocycles. The maximum atomic E-state index is 8.35. The van der Waals surface area contributed by atoms with Gasteiger partial charge in [-0.2, -0.15) is 0 Å². The van der Waals surface area contributed by atoms with Gasteiger partial charge in [-0.1, -0.05) is 13.0 Å². The highest BCUT2D eigenvalue weighted by molar-refractivity contribution is 4.90. The zero-order valence-electron chi connectivity index (χ0n) is 6.42. The van der Waals surface area contributed by atoms with Crippen molar-refractivity contribution in [3.63, 3.8) is 0 Å². The predicted molar refractivity (Wildman–Crippen MR) is 41.6 cm³/mol. The van der Waals surface area contributed by atoms with Gasteiger partial charge >= 0.3 is 0 Å². The monoisotopic (exact) mass is 143 g/mol. The normalized spacial score (nSPS) is 13.0. The lowest BCUT2D eigenvalue weighted by Gasteiger charge is -2.07. The fraction of sp³-hybridized carbons (Fsp3) is 0.625. The van der Waals surface area contributed by atoms with Crippen LogP contribution in [-0.2, 0) is 4.74 Å². The molecule has 1 unspecified atom stereocenters. The molecule has 1 atom stereocenters. The second kappa shape index (κ2) is 6.78. The summed E-state index contributed by atoms with van der Waals surface area (Å²) in [5.41, 5.74) is 0.